The highest BCUT2D eigenvalue weighted by atomic mass is 35.5. The van der Waals surface area contributed by atoms with Crippen molar-refractivity contribution in [3.05, 3.63) is 46.5 Å². The van der Waals surface area contributed by atoms with Crippen LogP contribution in [0, 0.1) is 0 Å². The molecule has 0 N–H and O–H groups in total. The number of ketones is 1. The fourth-order valence-electron chi connectivity index (χ4n) is 1.18. The van der Waals surface area contributed by atoms with Gasteiger partial charge in [0.25, 0.3) is 0 Å². The van der Waals surface area contributed by atoms with Crippen LogP contribution in [-0.4, -0.2) is 11.7 Å². The van der Waals surface area contributed by atoms with Crippen LogP contribution in [0.3, 0.4) is 0 Å². The lowest BCUT2D eigenvalue weighted by molar-refractivity contribution is 0.0951. The van der Waals surface area contributed by atoms with E-state index in [9.17, 15) is 13.6 Å². The zero-order chi connectivity index (χ0) is 10.3. The van der Waals surface area contributed by atoms with E-state index < -0.39 is 22.3 Å². The van der Waals surface area contributed by atoms with Crippen molar-refractivity contribution < 1.29 is 13.6 Å². The quantitative estimate of drug-likeness (QED) is 0.692. The zero-order valence-corrected chi connectivity index (χ0v) is 7.68. The SMILES string of the molecule is O=C(C1=C(Cl)C1(F)F)c1ccccc1. The second kappa shape index (κ2) is 2.89. The molecule has 1 aromatic rings. The Morgan fingerprint density at radius 3 is 2.14 bits per heavy atom. The summed E-state index contributed by atoms with van der Waals surface area (Å²) < 4.78 is 25.4. The van der Waals surface area contributed by atoms with Crippen molar-refractivity contribution >= 4 is 17.4 Å². The molecule has 0 saturated carbocycles. The largest absolute Gasteiger partial charge is 0.314 e. The Morgan fingerprint density at radius 1 is 1.21 bits per heavy atom. The average Bonchev–Trinajstić information content (AvgIpc) is 2.67. The lowest BCUT2D eigenvalue weighted by Crippen LogP contribution is -2.05. The van der Waals surface area contributed by atoms with Crippen molar-refractivity contribution in [2.45, 2.75) is 5.92 Å². The number of allylic oxidation sites excluding steroid dienone is 2. The molecule has 0 bridgehead atoms. The van der Waals surface area contributed by atoms with Crippen LogP contribution in [0.25, 0.3) is 0 Å². The molecule has 1 aliphatic rings. The normalized spacial score (nSPS) is 18.2. The van der Waals surface area contributed by atoms with Crippen LogP contribution in [0.1, 0.15) is 10.4 Å². The third-order valence-electron chi connectivity index (χ3n) is 2.01. The van der Waals surface area contributed by atoms with Gasteiger partial charge in [-0.05, 0) is 0 Å². The standard InChI is InChI=1S/C10H5ClF2O/c11-9-7(10(9,12)13)8(14)6-4-2-1-3-5-6/h1-5H. The fourth-order valence-corrected chi connectivity index (χ4v) is 1.44. The van der Waals surface area contributed by atoms with Gasteiger partial charge in [0.1, 0.15) is 5.03 Å². The van der Waals surface area contributed by atoms with E-state index in [4.69, 9.17) is 11.6 Å². The molecule has 0 amide bonds. The third kappa shape index (κ3) is 1.24. The topological polar surface area (TPSA) is 17.1 Å². The van der Waals surface area contributed by atoms with E-state index in [0.717, 1.165) is 0 Å². The van der Waals surface area contributed by atoms with Crippen LogP contribution in [-0.2, 0) is 0 Å². The van der Waals surface area contributed by atoms with Gasteiger partial charge < -0.3 is 0 Å². The Hall–Kier alpha value is -1.22. The molecule has 0 heterocycles. The number of carbonyl (C=O) groups excluding carboxylic acids is 1. The Balaban J connectivity index is 2.29. The smallest absolute Gasteiger partial charge is 0.289 e. The molecular formula is C10H5ClF2O. The summed E-state index contributed by atoms with van der Waals surface area (Å²) in [5.41, 5.74) is -0.344. The van der Waals surface area contributed by atoms with Gasteiger partial charge in [0.05, 0.1) is 5.57 Å². The first-order valence-electron chi connectivity index (χ1n) is 3.93. The predicted octanol–water partition coefficient (Wildman–Crippen LogP) is 3.01. The summed E-state index contributed by atoms with van der Waals surface area (Å²) in [4.78, 5) is 11.4. The van der Waals surface area contributed by atoms with Gasteiger partial charge in [-0.25, -0.2) is 0 Å². The van der Waals surface area contributed by atoms with Gasteiger partial charge in [0.2, 0.25) is 0 Å². The molecule has 1 aromatic carbocycles. The maximum Gasteiger partial charge on any atom is 0.314 e. The highest BCUT2D eigenvalue weighted by molar-refractivity contribution is 6.39. The minimum atomic E-state index is -3.20. The van der Waals surface area contributed by atoms with Gasteiger partial charge >= 0.3 is 5.92 Å². The third-order valence-corrected chi connectivity index (χ3v) is 2.44. The first kappa shape index (κ1) is 9.34. The minimum absolute atomic E-state index is 0.234. The van der Waals surface area contributed by atoms with Gasteiger partial charge in [-0.15, -0.1) is 0 Å². The summed E-state index contributed by atoms with van der Waals surface area (Å²) in [7, 11) is 0. The van der Waals surface area contributed by atoms with E-state index in [1.54, 1.807) is 18.2 Å². The molecule has 2 rings (SSSR count). The monoisotopic (exact) mass is 214 g/mol. The maximum absolute atomic E-state index is 12.7. The van der Waals surface area contributed by atoms with Crippen LogP contribution < -0.4 is 0 Å². The second-order valence-corrected chi connectivity index (χ2v) is 3.34. The van der Waals surface area contributed by atoms with E-state index in [2.05, 4.69) is 0 Å². The lowest BCUT2D eigenvalue weighted by atomic mass is 10.1. The maximum atomic E-state index is 12.7. The zero-order valence-electron chi connectivity index (χ0n) is 6.93. The fraction of sp³-hybridized carbons (Fsp3) is 0.100. The Labute approximate surface area is 84.0 Å². The molecule has 0 aliphatic heterocycles. The highest BCUT2D eigenvalue weighted by Crippen LogP contribution is 2.52. The highest BCUT2D eigenvalue weighted by Gasteiger charge is 2.59. The van der Waals surface area contributed by atoms with E-state index in [1.165, 1.54) is 12.1 Å². The van der Waals surface area contributed by atoms with Crippen molar-refractivity contribution in [3.63, 3.8) is 0 Å². The molecule has 0 aromatic heterocycles. The van der Waals surface area contributed by atoms with E-state index in [1.807, 2.05) is 0 Å². The number of carbonyl (C=O) groups is 1. The Kier molecular flexibility index (Phi) is 1.93. The van der Waals surface area contributed by atoms with Crippen molar-refractivity contribution in [1.29, 1.82) is 0 Å². The van der Waals surface area contributed by atoms with E-state index >= 15 is 0 Å². The van der Waals surface area contributed by atoms with Gasteiger partial charge in [-0.3, -0.25) is 4.79 Å². The second-order valence-electron chi connectivity index (χ2n) is 2.96. The molecule has 0 saturated heterocycles. The molecule has 72 valence electrons. The molecule has 0 atom stereocenters. The summed E-state index contributed by atoms with van der Waals surface area (Å²) in [6.07, 6.45) is 0. The molecule has 0 fully saturated rings. The van der Waals surface area contributed by atoms with Gasteiger partial charge in [-0.2, -0.15) is 8.78 Å². The minimum Gasteiger partial charge on any atom is -0.289 e. The van der Waals surface area contributed by atoms with Crippen molar-refractivity contribution in [1.82, 2.24) is 0 Å². The first-order valence-corrected chi connectivity index (χ1v) is 4.31. The summed E-state index contributed by atoms with van der Waals surface area (Å²) in [5, 5.41) is -0.633. The van der Waals surface area contributed by atoms with Crippen LogP contribution in [0.2, 0.25) is 0 Å². The lowest BCUT2D eigenvalue weighted by Gasteiger charge is -1.96. The average molecular weight is 215 g/mol. The summed E-state index contributed by atoms with van der Waals surface area (Å²) >= 11 is 5.20. The van der Waals surface area contributed by atoms with Crippen molar-refractivity contribution in [2.24, 2.45) is 0 Å². The van der Waals surface area contributed by atoms with Crippen molar-refractivity contribution in [2.75, 3.05) is 0 Å². The summed E-state index contributed by atoms with van der Waals surface area (Å²) in [6, 6.07) is 7.89. The number of Topliss-reactive ketones (excluding diaryl/α,β-unsaturated/α-hetero) is 1. The van der Waals surface area contributed by atoms with Crippen LogP contribution in [0.4, 0.5) is 8.78 Å². The van der Waals surface area contributed by atoms with Gasteiger partial charge in [0, 0.05) is 5.56 Å². The van der Waals surface area contributed by atoms with Crippen LogP contribution in [0.15, 0.2) is 40.9 Å². The predicted molar refractivity (Wildman–Crippen MR) is 48.6 cm³/mol. The Bertz CT molecular complexity index is 423. The molecule has 0 radical (unpaired) electrons. The summed E-state index contributed by atoms with van der Waals surface area (Å²) in [5.74, 6) is -3.89. The number of hydrogen-bond acceptors (Lipinski definition) is 1. The molecule has 1 aliphatic carbocycles. The molecule has 1 nitrogen and oxygen atoms in total. The molecule has 0 unspecified atom stereocenters. The van der Waals surface area contributed by atoms with Gasteiger partial charge in [-0.1, -0.05) is 41.9 Å². The van der Waals surface area contributed by atoms with Crippen molar-refractivity contribution in [3.8, 4) is 0 Å². The van der Waals surface area contributed by atoms with Crippen LogP contribution >= 0.6 is 11.6 Å². The van der Waals surface area contributed by atoms with Crippen LogP contribution in [0.5, 0.6) is 0 Å². The number of hydrogen-bond donors (Lipinski definition) is 0. The molecule has 14 heavy (non-hydrogen) atoms. The number of halogens is 3. The number of alkyl halides is 2. The van der Waals surface area contributed by atoms with E-state index in [0.29, 0.717) is 0 Å². The van der Waals surface area contributed by atoms with E-state index in [-0.39, 0.29) is 5.56 Å². The molecule has 0 spiro atoms. The number of rotatable bonds is 2. The first-order chi connectivity index (χ1) is 6.55. The van der Waals surface area contributed by atoms with Gasteiger partial charge in [0.15, 0.2) is 5.78 Å². The molecule has 4 heteroatoms. The molecular weight excluding hydrogens is 210 g/mol. The Morgan fingerprint density at radius 2 is 1.71 bits per heavy atom. The number of benzene rings is 1. The summed E-state index contributed by atoms with van der Waals surface area (Å²) in [6.45, 7) is 0.